The first-order valence-electron chi connectivity index (χ1n) is 10.2. The summed E-state index contributed by atoms with van der Waals surface area (Å²) in [4.78, 5) is 28.2. The molecule has 6 heteroatoms. The van der Waals surface area contributed by atoms with Crippen molar-refractivity contribution in [3.63, 3.8) is 0 Å². The first-order valence-corrected chi connectivity index (χ1v) is 11.1. The zero-order chi connectivity index (χ0) is 20.8. The molecule has 1 aliphatic heterocycles. The predicted octanol–water partition coefficient (Wildman–Crippen LogP) is 5.09. The number of hydrogen-bond acceptors (Lipinski definition) is 3. The minimum atomic E-state index is -0.0734. The van der Waals surface area contributed by atoms with Gasteiger partial charge in [0.15, 0.2) is 0 Å². The Labute approximate surface area is 180 Å². The van der Waals surface area contributed by atoms with E-state index < -0.39 is 0 Å². The molecule has 4 rings (SSSR count). The van der Waals surface area contributed by atoms with Gasteiger partial charge in [0.05, 0.1) is 6.54 Å². The molecule has 0 saturated carbocycles. The average Bonchev–Trinajstić information content (AvgIpc) is 3.32. The maximum atomic E-state index is 12.7. The fourth-order valence-corrected chi connectivity index (χ4v) is 4.42. The Bertz CT molecular complexity index is 989. The number of para-hydroxylation sites is 1. The van der Waals surface area contributed by atoms with Crippen LogP contribution in [0.15, 0.2) is 72.1 Å². The van der Waals surface area contributed by atoms with Crippen LogP contribution in [0.4, 0.5) is 10.5 Å². The van der Waals surface area contributed by atoms with Gasteiger partial charge in [-0.05, 0) is 54.1 Å². The first kappa shape index (κ1) is 20.2. The van der Waals surface area contributed by atoms with Crippen molar-refractivity contribution in [1.82, 2.24) is 10.2 Å². The van der Waals surface area contributed by atoms with Crippen molar-refractivity contribution in [2.45, 2.75) is 25.3 Å². The number of nitrogens with zero attached hydrogens (tertiary/aromatic N) is 1. The number of hydrogen-bond donors (Lipinski definition) is 2. The Morgan fingerprint density at radius 1 is 1.03 bits per heavy atom. The van der Waals surface area contributed by atoms with E-state index in [2.05, 4.69) is 16.7 Å². The Kier molecular flexibility index (Phi) is 6.44. The van der Waals surface area contributed by atoms with Gasteiger partial charge in [0.2, 0.25) is 0 Å². The maximum Gasteiger partial charge on any atom is 0.321 e. The van der Waals surface area contributed by atoms with E-state index in [-0.39, 0.29) is 17.9 Å². The van der Waals surface area contributed by atoms with Crippen LogP contribution in [0.25, 0.3) is 0 Å². The molecule has 0 aliphatic carbocycles. The van der Waals surface area contributed by atoms with Crippen LogP contribution in [-0.2, 0) is 6.54 Å². The van der Waals surface area contributed by atoms with Crippen molar-refractivity contribution in [3.05, 3.63) is 88.1 Å². The fourth-order valence-electron chi connectivity index (χ4n) is 3.77. The van der Waals surface area contributed by atoms with Crippen LogP contribution in [0.1, 0.15) is 39.6 Å². The minimum absolute atomic E-state index is 0.0697. The van der Waals surface area contributed by atoms with E-state index in [1.807, 2.05) is 70.9 Å². The summed E-state index contributed by atoms with van der Waals surface area (Å²) in [5, 5.41) is 7.95. The summed E-state index contributed by atoms with van der Waals surface area (Å²) in [5.41, 5.74) is 2.57. The lowest BCUT2D eigenvalue weighted by Gasteiger charge is -2.33. The third-order valence-electron chi connectivity index (χ3n) is 5.36. The Morgan fingerprint density at radius 2 is 1.90 bits per heavy atom. The average molecular weight is 420 g/mol. The fraction of sp³-hybridized carbons (Fsp3) is 0.250. The van der Waals surface area contributed by atoms with Crippen molar-refractivity contribution in [1.29, 1.82) is 0 Å². The largest absolute Gasteiger partial charge is 0.347 e. The lowest BCUT2D eigenvalue weighted by molar-refractivity contribution is 0.0951. The molecule has 1 aromatic heterocycles. The number of carbonyl (C=O) groups excluding carboxylic acids is 2. The van der Waals surface area contributed by atoms with Gasteiger partial charge in [-0.25, -0.2) is 4.79 Å². The summed E-state index contributed by atoms with van der Waals surface area (Å²) in [6.45, 7) is 1.94. The maximum absolute atomic E-state index is 12.7. The molecule has 1 fully saturated rings. The predicted molar refractivity (Wildman–Crippen MR) is 121 cm³/mol. The van der Waals surface area contributed by atoms with Gasteiger partial charge in [-0.1, -0.05) is 36.4 Å². The summed E-state index contributed by atoms with van der Waals surface area (Å²) >= 11 is 1.63. The lowest BCUT2D eigenvalue weighted by Crippen LogP contribution is -2.41. The number of thiophene rings is 1. The van der Waals surface area contributed by atoms with Crippen molar-refractivity contribution in [2.24, 2.45) is 0 Å². The molecule has 3 amide bonds. The standard InChI is InChI=1S/C24H25N3O2S/c28-23(25-16-22-12-6-14-30-22)19-8-4-7-18(15-19)20-9-5-13-27(17-20)24(29)26-21-10-2-1-3-11-21/h1-4,6-8,10-12,14-15,20H,5,9,13,16-17H2,(H,25,28)(H,26,29)/t20-/m0/s1. The van der Waals surface area contributed by atoms with Gasteiger partial charge in [-0.2, -0.15) is 0 Å². The minimum Gasteiger partial charge on any atom is -0.347 e. The van der Waals surface area contributed by atoms with E-state index in [1.165, 1.54) is 0 Å². The van der Waals surface area contributed by atoms with Crippen molar-refractivity contribution in [2.75, 3.05) is 18.4 Å². The molecule has 3 aromatic rings. The SMILES string of the molecule is O=C(NCc1cccs1)c1cccc([C@H]2CCCN(C(=O)Nc3ccccc3)C2)c1. The van der Waals surface area contributed by atoms with Crippen LogP contribution in [-0.4, -0.2) is 29.9 Å². The third kappa shape index (κ3) is 5.07. The monoisotopic (exact) mass is 419 g/mol. The normalized spacial score (nSPS) is 16.1. The second-order valence-electron chi connectivity index (χ2n) is 7.47. The lowest BCUT2D eigenvalue weighted by atomic mass is 9.89. The van der Waals surface area contributed by atoms with Crippen molar-refractivity contribution < 1.29 is 9.59 Å². The van der Waals surface area contributed by atoms with Crippen LogP contribution in [0.5, 0.6) is 0 Å². The molecule has 2 N–H and O–H groups in total. The number of rotatable bonds is 5. The van der Waals surface area contributed by atoms with Gasteiger partial charge >= 0.3 is 6.03 Å². The summed E-state index contributed by atoms with van der Waals surface area (Å²) in [6.07, 6.45) is 1.96. The molecule has 0 spiro atoms. The molecule has 154 valence electrons. The second-order valence-corrected chi connectivity index (χ2v) is 8.50. The highest BCUT2D eigenvalue weighted by Crippen LogP contribution is 2.28. The zero-order valence-electron chi connectivity index (χ0n) is 16.7. The molecule has 2 aromatic carbocycles. The summed E-state index contributed by atoms with van der Waals surface area (Å²) in [5.74, 6) is 0.157. The first-order chi connectivity index (χ1) is 14.7. The molecule has 0 unspecified atom stereocenters. The number of likely N-dealkylation sites (tertiary alicyclic amines) is 1. The van der Waals surface area contributed by atoms with Crippen LogP contribution in [0.3, 0.4) is 0 Å². The van der Waals surface area contributed by atoms with Crippen LogP contribution < -0.4 is 10.6 Å². The summed E-state index contributed by atoms with van der Waals surface area (Å²) < 4.78 is 0. The van der Waals surface area contributed by atoms with Gasteiger partial charge in [0, 0.05) is 35.1 Å². The van der Waals surface area contributed by atoms with Gasteiger partial charge in [-0.15, -0.1) is 11.3 Å². The molecule has 0 radical (unpaired) electrons. The summed E-state index contributed by atoms with van der Waals surface area (Å²) in [6, 6.07) is 21.2. The molecule has 1 aliphatic rings. The van der Waals surface area contributed by atoms with E-state index in [4.69, 9.17) is 0 Å². The smallest absolute Gasteiger partial charge is 0.321 e. The van der Waals surface area contributed by atoms with E-state index >= 15 is 0 Å². The van der Waals surface area contributed by atoms with Gasteiger partial charge in [0.1, 0.15) is 0 Å². The Morgan fingerprint density at radius 3 is 2.70 bits per heavy atom. The van der Waals surface area contributed by atoms with Crippen molar-refractivity contribution >= 4 is 29.0 Å². The van der Waals surface area contributed by atoms with Crippen LogP contribution in [0, 0.1) is 0 Å². The molecule has 0 bridgehead atoms. The zero-order valence-corrected chi connectivity index (χ0v) is 17.5. The van der Waals surface area contributed by atoms with E-state index in [0.29, 0.717) is 18.7 Å². The topological polar surface area (TPSA) is 61.4 Å². The van der Waals surface area contributed by atoms with Gasteiger partial charge in [-0.3, -0.25) is 4.79 Å². The molecule has 30 heavy (non-hydrogen) atoms. The molecule has 1 atom stereocenters. The number of urea groups is 1. The molecule has 5 nitrogen and oxygen atoms in total. The van der Waals surface area contributed by atoms with Gasteiger partial charge < -0.3 is 15.5 Å². The molecule has 1 saturated heterocycles. The Balaban J connectivity index is 1.39. The van der Waals surface area contributed by atoms with Crippen LogP contribution in [0.2, 0.25) is 0 Å². The van der Waals surface area contributed by atoms with Crippen LogP contribution >= 0.6 is 11.3 Å². The van der Waals surface area contributed by atoms with Gasteiger partial charge in [0.25, 0.3) is 5.91 Å². The highest BCUT2D eigenvalue weighted by molar-refractivity contribution is 7.09. The molecule has 2 heterocycles. The third-order valence-corrected chi connectivity index (χ3v) is 6.23. The number of amides is 3. The summed E-state index contributed by atoms with van der Waals surface area (Å²) in [7, 11) is 0. The molecular weight excluding hydrogens is 394 g/mol. The van der Waals surface area contributed by atoms with E-state index in [1.54, 1.807) is 11.3 Å². The number of anilines is 1. The quantitative estimate of drug-likeness (QED) is 0.605. The Hall–Kier alpha value is -3.12. The van der Waals surface area contributed by atoms with Crippen molar-refractivity contribution in [3.8, 4) is 0 Å². The molecular formula is C24H25N3O2S. The number of benzene rings is 2. The van der Waals surface area contributed by atoms with E-state index in [9.17, 15) is 9.59 Å². The highest BCUT2D eigenvalue weighted by atomic mass is 32.1. The number of carbonyl (C=O) groups is 2. The van der Waals surface area contributed by atoms with E-state index in [0.717, 1.165) is 35.5 Å². The highest BCUT2D eigenvalue weighted by Gasteiger charge is 2.25. The second kappa shape index (κ2) is 9.59. The number of nitrogens with one attached hydrogen (secondary N) is 2. The number of piperidine rings is 1.